The Labute approximate surface area is 170 Å². The number of carbonyl (C=O) groups is 1. The first-order valence-corrected chi connectivity index (χ1v) is 9.98. The van der Waals surface area contributed by atoms with E-state index in [0.29, 0.717) is 28.5 Å². The molecule has 0 radical (unpaired) electrons. The number of benzene rings is 2. The molecule has 0 fully saturated rings. The number of nitrogens with one attached hydrogen (secondary N) is 1. The molecule has 156 valence electrons. The van der Waals surface area contributed by atoms with Gasteiger partial charge in [-0.2, -0.15) is 0 Å². The molecule has 29 heavy (non-hydrogen) atoms. The standard InChI is InChI=1S/C20H24N2O6S/c1-22(2)29(24,25)16-8-6-7-15(13-16)21-19(23)10-9-14-11-17(26-3)20(28-5)18(12-14)27-4/h6-13H,1-5H3,(H,21,23)/b10-9+. The van der Waals surface area contributed by atoms with E-state index in [0.717, 1.165) is 4.31 Å². The summed E-state index contributed by atoms with van der Waals surface area (Å²) < 4.78 is 41.4. The molecule has 0 spiro atoms. The first-order chi connectivity index (χ1) is 13.7. The fourth-order valence-electron chi connectivity index (χ4n) is 2.50. The summed E-state index contributed by atoms with van der Waals surface area (Å²) in [6.07, 6.45) is 2.91. The molecule has 0 saturated carbocycles. The molecular formula is C20H24N2O6S. The van der Waals surface area contributed by atoms with Gasteiger partial charge >= 0.3 is 0 Å². The van der Waals surface area contributed by atoms with Gasteiger partial charge < -0.3 is 19.5 Å². The second-order valence-electron chi connectivity index (χ2n) is 6.10. The van der Waals surface area contributed by atoms with Crippen LogP contribution in [0.3, 0.4) is 0 Å². The molecule has 0 aliphatic heterocycles. The molecule has 0 bridgehead atoms. The zero-order valence-electron chi connectivity index (χ0n) is 16.9. The van der Waals surface area contributed by atoms with Crippen LogP contribution in [0.15, 0.2) is 47.4 Å². The van der Waals surface area contributed by atoms with Crippen LogP contribution in [0.25, 0.3) is 6.08 Å². The van der Waals surface area contributed by atoms with Crippen molar-refractivity contribution in [3.8, 4) is 17.2 Å². The molecule has 0 aliphatic rings. The number of hydrogen-bond acceptors (Lipinski definition) is 6. The van der Waals surface area contributed by atoms with Crippen molar-refractivity contribution in [2.75, 3.05) is 40.7 Å². The monoisotopic (exact) mass is 420 g/mol. The van der Waals surface area contributed by atoms with Gasteiger partial charge in [0.25, 0.3) is 0 Å². The summed E-state index contributed by atoms with van der Waals surface area (Å²) in [6, 6.07) is 9.46. The molecule has 8 nitrogen and oxygen atoms in total. The Morgan fingerprint density at radius 1 is 1.00 bits per heavy atom. The molecule has 2 rings (SSSR count). The highest BCUT2D eigenvalue weighted by atomic mass is 32.2. The average Bonchev–Trinajstić information content (AvgIpc) is 2.71. The van der Waals surface area contributed by atoms with Crippen molar-refractivity contribution >= 4 is 27.7 Å². The summed E-state index contributed by atoms with van der Waals surface area (Å²) in [4.78, 5) is 12.4. The smallest absolute Gasteiger partial charge is 0.248 e. The molecule has 9 heteroatoms. The third-order valence-electron chi connectivity index (χ3n) is 3.99. The van der Waals surface area contributed by atoms with Crippen LogP contribution in [-0.2, 0) is 14.8 Å². The van der Waals surface area contributed by atoms with E-state index in [1.54, 1.807) is 30.3 Å². The number of rotatable bonds is 8. The number of sulfonamides is 1. The van der Waals surface area contributed by atoms with E-state index < -0.39 is 15.9 Å². The Morgan fingerprint density at radius 2 is 1.62 bits per heavy atom. The molecule has 2 aromatic carbocycles. The molecule has 2 aromatic rings. The molecule has 0 atom stereocenters. The Hall–Kier alpha value is -3.04. The number of carbonyl (C=O) groups excluding carboxylic acids is 1. The number of hydrogen-bond donors (Lipinski definition) is 1. The van der Waals surface area contributed by atoms with Gasteiger partial charge in [0.05, 0.1) is 26.2 Å². The topological polar surface area (TPSA) is 94.2 Å². The molecular weight excluding hydrogens is 396 g/mol. The van der Waals surface area contributed by atoms with Crippen molar-refractivity contribution in [2.45, 2.75) is 4.90 Å². The summed E-state index contributed by atoms with van der Waals surface area (Å²) in [6.45, 7) is 0. The van der Waals surface area contributed by atoms with E-state index in [-0.39, 0.29) is 4.90 Å². The Balaban J connectivity index is 2.21. The first kappa shape index (κ1) is 22.3. The summed E-state index contributed by atoms with van der Waals surface area (Å²) >= 11 is 0. The van der Waals surface area contributed by atoms with Crippen molar-refractivity contribution in [2.24, 2.45) is 0 Å². The lowest BCUT2D eigenvalue weighted by Gasteiger charge is -2.13. The molecule has 0 unspecified atom stereocenters. The summed E-state index contributed by atoms with van der Waals surface area (Å²) in [5, 5.41) is 2.65. The lowest BCUT2D eigenvalue weighted by atomic mass is 10.1. The molecule has 0 saturated heterocycles. The van der Waals surface area contributed by atoms with Gasteiger partial charge in [-0.3, -0.25) is 4.79 Å². The predicted molar refractivity (Wildman–Crippen MR) is 111 cm³/mol. The number of methoxy groups -OCH3 is 3. The quantitative estimate of drug-likeness (QED) is 0.660. The lowest BCUT2D eigenvalue weighted by molar-refractivity contribution is -0.111. The van der Waals surface area contributed by atoms with E-state index in [4.69, 9.17) is 14.2 Å². The zero-order chi connectivity index (χ0) is 21.6. The zero-order valence-corrected chi connectivity index (χ0v) is 17.7. The summed E-state index contributed by atoms with van der Waals surface area (Å²) in [5.74, 6) is 0.968. The van der Waals surface area contributed by atoms with E-state index in [1.807, 2.05) is 0 Å². The first-order valence-electron chi connectivity index (χ1n) is 8.54. The van der Waals surface area contributed by atoms with Crippen LogP contribution in [-0.4, -0.2) is 54.1 Å². The third kappa shape index (κ3) is 5.27. The van der Waals surface area contributed by atoms with Crippen molar-refractivity contribution in [3.05, 3.63) is 48.0 Å². The number of ether oxygens (including phenoxy) is 3. The molecule has 0 aromatic heterocycles. The van der Waals surface area contributed by atoms with Gasteiger partial charge in [-0.05, 0) is 42.0 Å². The Kier molecular flexibility index (Phi) is 7.24. The number of amides is 1. The van der Waals surface area contributed by atoms with Crippen LogP contribution in [0.4, 0.5) is 5.69 Å². The maximum Gasteiger partial charge on any atom is 0.248 e. The minimum absolute atomic E-state index is 0.0916. The van der Waals surface area contributed by atoms with Gasteiger partial charge in [0, 0.05) is 25.9 Å². The van der Waals surface area contributed by atoms with Crippen molar-refractivity contribution in [3.63, 3.8) is 0 Å². The highest BCUT2D eigenvalue weighted by Gasteiger charge is 2.17. The molecule has 0 heterocycles. The number of anilines is 1. The van der Waals surface area contributed by atoms with E-state index in [9.17, 15) is 13.2 Å². The van der Waals surface area contributed by atoms with Crippen LogP contribution in [0.1, 0.15) is 5.56 Å². The van der Waals surface area contributed by atoms with E-state index in [1.165, 1.54) is 53.6 Å². The third-order valence-corrected chi connectivity index (χ3v) is 5.81. The van der Waals surface area contributed by atoms with Crippen molar-refractivity contribution in [1.82, 2.24) is 4.31 Å². The lowest BCUT2D eigenvalue weighted by Crippen LogP contribution is -2.22. The van der Waals surface area contributed by atoms with Crippen LogP contribution in [0.5, 0.6) is 17.2 Å². The fourth-order valence-corrected chi connectivity index (χ4v) is 3.45. The van der Waals surface area contributed by atoms with Gasteiger partial charge in [-0.15, -0.1) is 0 Å². The summed E-state index contributed by atoms with van der Waals surface area (Å²) in [7, 11) is 3.82. The molecule has 1 N–H and O–H groups in total. The van der Waals surface area contributed by atoms with Crippen molar-refractivity contribution < 1.29 is 27.4 Å². The predicted octanol–water partition coefficient (Wildman–Crippen LogP) is 2.61. The van der Waals surface area contributed by atoms with Gasteiger partial charge in [0.1, 0.15) is 0 Å². The molecule has 0 aliphatic carbocycles. The van der Waals surface area contributed by atoms with Gasteiger partial charge in [0.2, 0.25) is 21.7 Å². The fraction of sp³-hybridized carbons (Fsp3) is 0.250. The highest BCUT2D eigenvalue weighted by Crippen LogP contribution is 2.38. The maximum atomic E-state index is 12.3. The van der Waals surface area contributed by atoms with E-state index in [2.05, 4.69) is 5.32 Å². The largest absolute Gasteiger partial charge is 0.493 e. The maximum absolute atomic E-state index is 12.3. The number of nitrogens with zero attached hydrogens (tertiary/aromatic N) is 1. The van der Waals surface area contributed by atoms with Crippen LogP contribution >= 0.6 is 0 Å². The highest BCUT2D eigenvalue weighted by molar-refractivity contribution is 7.89. The SMILES string of the molecule is COc1cc(/C=C/C(=O)Nc2cccc(S(=O)(=O)N(C)C)c2)cc(OC)c1OC. The minimum Gasteiger partial charge on any atom is -0.493 e. The van der Waals surface area contributed by atoms with Crippen LogP contribution in [0, 0.1) is 0 Å². The second kappa shape index (κ2) is 9.44. The normalized spacial score (nSPS) is 11.5. The van der Waals surface area contributed by atoms with Crippen LogP contribution in [0.2, 0.25) is 0 Å². The van der Waals surface area contributed by atoms with E-state index >= 15 is 0 Å². The second-order valence-corrected chi connectivity index (χ2v) is 8.25. The van der Waals surface area contributed by atoms with Gasteiger partial charge in [-0.25, -0.2) is 12.7 Å². The van der Waals surface area contributed by atoms with Gasteiger partial charge in [0.15, 0.2) is 11.5 Å². The van der Waals surface area contributed by atoms with Crippen molar-refractivity contribution in [1.29, 1.82) is 0 Å². The Bertz CT molecular complexity index is 990. The van der Waals surface area contributed by atoms with Crippen LogP contribution < -0.4 is 19.5 Å². The van der Waals surface area contributed by atoms with Gasteiger partial charge in [-0.1, -0.05) is 6.07 Å². The Morgan fingerprint density at radius 3 is 2.14 bits per heavy atom. The summed E-state index contributed by atoms with van der Waals surface area (Å²) in [5.41, 5.74) is 1.03. The molecule has 1 amide bonds. The minimum atomic E-state index is -3.59. The average molecular weight is 420 g/mol.